The summed E-state index contributed by atoms with van der Waals surface area (Å²) in [5.74, 6) is 0.699. The fourth-order valence-corrected chi connectivity index (χ4v) is 2.47. The van der Waals surface area contributed by atoms with Crippen LogP contribution in [0.5, 0.6) is 11.5 Å². The Morgan fingerprint density at radius 1 is 1.37 bits per heavy atom. The van der Waals surface area contributed by atoms with Gasteiger partial charge in [0.15, 0.2) is 11.5 Å². The van der Waals surface area contributed by atoms with Gasteiger partial charge in [-0.3, -0.25) is 10.1 Å². The van der Waals surface area contributed by atoms with Gasteiger partial charge in [0, 0.05) is 6.54 Å². The first-order valence-electron chi connectivity index (χ1n) is 6.56. The van der Waals surface area contributed by atoms with Crippen molar-refractivity contribution in [2.75, 3.05) is 13.2 Å². The van der Waals surface area contributed by atoms with Crippen LogP contribution in [0.25, 0.3) is 0 Å². The van der Waals surface area contributed by atoms with Gasteiger partial charge >= 0.3 is 5.97 Å². The summed E-state index contributed by atoms with van der Waals surface area (Å²) in [7, 11) is 0. The fraction of sp³-hybridized carbons (Fsp3) is 0.500. The molecule has 3 rings (SSSR count). The summed E-state index contributed by atoms with van der Waals surface area (Å²) in [4.78, 5) is 11.2. The molecular weight excluding hydrogens is 246 g/mol. The van der Waals surface area contributed by atoms with Crippen molar-refractivity contribution in [3.05, 3.63) is 24.3 Å². The van der Waals surface area contributed by atoms with Crippen molar-refractivity contribution < 1.29 is 19.4 Å². The van der Waals surface area contributed by atoms with Crippen LogP contribution in [0.2, 0.25) is 0 Å². The summed E-state index contributed by atoms with van der Waals surface area (Å²) >= 11 is 0. The maximum absolute atomic E-state index is 11.2. The molecule has 1 unspecified atom stereocenters. The highest BCUT2D eigenvalue weighted by Crippen LogP contribution is 2.33. The Kier molecular flexibility index (Phi) is 3.06. The van der Waals surface area contributed by atoms with Gasteiger partial charge in [-0.25, -0.2) is 0 Å². The molecule has 2 N–H and O–H groups in total. The van der Waals surface area contributed by atoms with Gasteiger partial charge in [-0.15, -0.1) is 0 Å². The summed E-state index contributed by atoms with van der Waals surface area (Å²) < 4.78 is 11.4. The zero-order valence-corrected chi connectivity index (χ0v) is 10.6. The molecule has 1 aromatic rings. The van der Waals surface area contributed by atoms with E-state index in [1.54, 1.807) is 0 Å². The second-order valence-corrected chi connectivity index (χ2v) is 5.12. The van der Waals surface area contributed by atoms with E-state index in [1.807, 2.05) is 24.3 Å². The molecule has 0 bridgehead atoms. The minimum absolute atomic E-state index is 0.147. The van der Waals surface area contributed by atoms with Gasteiger partial charge in [0.2, 0.25) is 0 Å². The molecule has 19 heavy (non-hydrogen) atoms. The highest BCUT2D eigenvalue weighted by Gasteiger charge is 2.44. The average Bonchev–Trinajstić information content (AvgIpc) is 2.37. The number of nitrogens with one attached hydrogen (secondary N) is 1. The van der Waals surface area contributed by atoms with Crippen molar-refractivity contribution in [2.24, 2.45) is 0 Å². The number of carboxylic acid groups (broad SMARTS) is 1. The number of benzene rings is 1. The summed E-state index contributed by atoms with van der Waals surface area (Å²) in [6.45, 7) is 0.931. The number of fused-ring (bicyclic) bond motifs is 1. The minimum Gasteiger partial charge on any atom is -0.486 e. The lowest BCUT2D eigenvalue weighted by molar-refractivity contribution is -0.149. The normalized spacial score (nSPS) is 23.5. The third-order valence-electron chi connectivity index (χ3n) is 3.85. The fourth-order valence-electron chi connectivity index (χ4n) is 2.47. The highest BCUT2D eigenvalue weighted by atomic mass is 16.6. The van der Waals surface area contributed by atoms with Crippen LogP contribution in [-0.4, -0.2) is 35.9 Å². The zero-order chi connectivity index (χ0) is 13.3. The number of hydrogen-bond acceptors (Lipinski definition) is 4. The number of carboxylic acids is 1. The maximum Gasteiger partial charge on any atom is 0.323 e. The number of ether oxygens (including phenoxy) is 2. The molecule has 1 atom stereocenters. The van der Waals surface area contributed by atoms with E-state index in [2.05, 4.69) is 5.32 Å². The Hall–Kier alpha value is -1.75. The van der Waals surface area contributed by atoms with Crippen LogP contribution in [0.1, 0.15) is 19.3 Å². The molecule has 1 heterocycles. The monoisotopic (exact) mass is 263 g/mol. The third kappa shape index (κ3) is 2.26. The average molecular weight is 263 g/mol. The SMILES string of the molecule is O=C(O)C1(NCC2COc3ccccc3O2)CCC1. The quantitative estimate of drug-likeness (QED) is 0.860. The van der Waals surface area contributed by atoms with Crippen LogP contribution in [0, 0.1) is 0 Å². The molecular formula is C14H17NO4. The van der Waals surface area contributed by atoms with Crippen LogP contribution in [0.3, 0.4) is 0 Å². The summed E-state index contributed by atoms with van der Waals surface area (Å²) in [5.41, 5.74) is -0.750. The number of aliphatic carboxylic acids is 1. The van der Waals surface area contributed by atoms with E-state index in [0.717, 1.165) is 17.9 Å². The Morgan fingerprint density at radius 3 is 2.74 bits per heavy atom. The standard InChI is InChI=1S/C14H17NO4/c16-13(17)14(6-3-7-14)15-8-10-9-18-11-4-1-2-5-12(11)19-10/h1-2,4-5,10,15H,3,6-9H2,(H,16,17). The predicted molar refractivity (Wildman–Crippen MR) is 68.6 cm³/mol. The lowest BCUT2D eigenvalue weighted by Gasteiger charge is -2.39. The first-order valence-corrected chi connectivity index (χ1v) is 6.56. The van der Waals surface area contributed by atoms with E-state index in [-0.39, 0.29) is 6.10 Å². The Bertz CT molecular complexity index is 484. The number of carbonyl (C=O) groups is 1. The molecule has 1 aliphatic carbocycles. The molecule has 1 saturated carbocycles. The zero-order valence-electron chi connectivity index (χ0n) is 10.6. The van der Waals surface area contributed by atoms with Crippen molar-refractivity contribution in [1.29, 1.82) is 0 Å². The van der Waals surface area contributed by atoms with Gasteiger partial charge in [-0.05, 0) is 31.4 Å². The van der Waals surface area contributed by atoms with Gasteiger partial charge in [0.1, 0.15) is 18.2 Å². The van der Waals surface area contributed by atoms with Crippen molar-refractivity contribution in [3.8, 4) is 11.5 Å². The molecule has 0 aromatic heterocycles. The topological polar surface area (TPSA) is 67.8 Å². The second kappa shape index (κ2) is 4.74. The van der Waals surface area contributed by atoms with Crippen LogP contribution >= 0.6 is 0 Å². The van der Waals surface area contributed by atoms with Crippen LogP contribution in [0.4, 0.5) is 0 Å². The van der Waals surface area contributed by atoms with Crippen LogP contribution in [-0.2, 0) is 4.79 Å². The van der Waals surface area contributed by atoms with E-state index >= 15 is 0 Å². The Balaban J connectivity index is 1.59. The van der Waals surface area contributed by atoms with Crippen molar-refractivity contribution in [1.82, 2.24) is 5.32 Å². The van der Waals surface area contributed by atoms with Gasteiger partial charge < -0.3 is 14.6 Å². The van der Waals surface area contributed by atoms with E-state index in [9.17, 15) is 9.90 Å². The first-order chi connectivity index (χ1) is 9.20. The molecule has 102 valence electrons. The molecule has 1 aromatic carbocycles. The van der Waals surface area contributed by atoms with Gasteiger partial charge in [-0.2, -0.15) is 0 Å². The molecule has 1 aliphatic heterocycles. The van der Waals surface area contributed by atoms with Crippen molar-refractivity contribution in [3.63, 3.8) is 0 Å². The molecule has 2 aliphatic rings. The molecule has 5 nitrogen and oxygen atoms in total. The Morgan fingerprint density at radius 2 is 2.11 bits per heavy atom. The van der Waals surface area contributed by atoms with Crippen LogP contribution in [0.15, 0.2) is 24.3 Å². The molecule has 0 radical (unpaired) electrons. The molecule has 5 heteroatoms. The lowest BCUT2D eigenvalue weighted by Crippen LogP contribution is -2.59. The number of hydrogen-bond donors (Lipinski definition) is 2. The Labute approximate surface area is 111 Å². The van der Waals surface area contributed by atoms with Crippen molar-refractivity contribution >= 4 is 5.97 Å². The summed E-state index contributed by atoms with van der Waals surface area (Å²) in [6.07, 6.45) is 2.19. The van der Waals surface area contributed by atoms with E-state index in [1.165, 1.54) is 0 Å². The van der Waals surface area contributed by atoms with Crippen molar-refractivity contribution in [2.45, 2.75) is 30.9 Å². The minimum atomic E-state index is -0.768. The first kappa shape index (κ1) is 12.3. The van der Waals surface area contributed by atoms with Gasteiger partial charge in [0.25, 0.3) is 0 Å². The van der Waals surface area contributed by atoms with Crippen LogP contribution < -0.4 is 14.8 Å². The molecule has 1 fully saturated rings. The lowest BCUT2D eigenvalue weighted by atomic mass is 9.76. The number of rotatable bonds is 4. The van der Waals surface area contributed by atoms with E-state index in [0.29, 0.717) is 26.0 Å². The molecule has 0 saturated heterocycles. The summed E-state index contributed by atoms with van der Waals surface area (Å²) in [6, 6.07) is 7.51. The maximum atomic E-state index is 11.2. The summed E-state index contributed by atoms with van der Waals surface area (Å²) in [5, 5.41) is 12.4. The highest BCUT2D eigenvalue weighted by molar-refractivity contribution is 5.79. The van der Waals surface area contributed by atoms with Gasteiger partial charge in [-0.1, -0.05) is 12.1 Å². The number of para-hydroxylation sites is 2. The molecule has 0 amide bonds. The molecule has 0 spiro atoms. The van der Waals surface area contributed by atoms with E-state index < -0.39 is 11.5 Å². The largest absolute Gasteiger partial charge is 0.486 e. The second-order valence-electron chi connectivity index (χ2n) is 5.12. The van der Waals surface area contributed by atoms with E-state index in [4.69, 9.17) is 9.47 Å². The van der Waals surface area contributed by atoms with Gasteiger partial charge in [0.05, 0.1) is 0 Å². The third-order valence-corrected chi connectivity index (χ3v) is 3.85. The predicted octanol–water partition coefficient (Wildman–Crippen LogP) is 1.42. The smallest absolute Gasteiger partial charge is 0.323 e.